The highest BCUT2D eigenvalue weighted by Gasteiger charge is 2.41. The van der Waals surface area contributed by atoms with Crippen LogP contribution in [0.25, 0.3) is 6.08 Å². The maximum Gasteiger partial charge on any atom is 0.408 e. The number of ether oxygens (including phenoxy) is 2. The second-order valence-corrected chi connectivity index (χ2v) is 9.01. The van der Waals surface area contributed by atoms with Crippen molar-refractivity contribution in [2.24, 2.45) is 0 Å². The Bertz CT molecular complexity index is 904. The van der Waals surface area contributed by atoms with Gasteiger partial charge in [-0.3, -0.25) is 14.4 Å². The predicted octanol–water partition coefficient (Wildman–Crippen LogP) is 2.96. The second-order valence-electron chi connectivity index (χ2n) is 9.01. The lowest BCUT2D eigenvalue weighted by atomic mass is 10.0. The first kappa shape index (κ1) is 26.9. The summed E-state index contributed by atoms with van der Waals surface area (Å²) in [7, 11) is 0. The average Bonchev–Trinajstić information content (AvgIpc) is 3.59. The molecule has 2 N–H and O–H groups in total. The van der Waals surface area contributed by atoms with E-state index in [4.69, 9.17) is 9.47 Å². The SMILES string of the molecule is C=Cc1cccc(C(C(=O)NCCC(=O)OCC)N(C(=O)CNC(=O)OC(C)(C)C)C2CC2)c1. The molecule has 0 aliphatic heterocycles. The van der Waals surface area contributed by atoms with Gasteiger partial charge < -0.3 is 25.0 Å². The highest BCUT2D eigenvalue weighted by atomic mass is 16.6. The quantitative estimate of drug-likeness (QED) is 0.478. The number of rotatable bonds is 11. The number of nitrogens with one attached hydrogen (secondary N) is 2. The monoisotopic (exact) mass is 473 g/mol. The van der Waals surface area contributed by atoms with Crippen molar-refractivity contribution in [1.82, 2.24) is 15.5 Å². The van der Waals surface area contributed by atoms with Crippen LogP contribution < -0.4 is 10.6 Å². The Morgan fingerprint density at radius 3 is 2.50 bits per heavy atom. The molecule has 2 rings (SSSR count). The van der Waals surface area contributed by atoms with E-state index in [1.807, 2.05) is 6.07 Å². The van der Waals surface area contributed by atoms with Gasteiger partial charge in [0.2, 0.25) is 11.8 Å². The van der Waals surface area contributed by atoms with Crippen LogP contribution >= 0.6 is 0 Å². The van der Waals surface area contributed by atoms with E-state index >= 15 is 0 Å². The van der Waals surface area contributed by atoms with Crippen LogP contribution in [0.4, 0.5) is 4.79 Å². The summed E-state index contributed by atoms with van der Waals surface area (Å²) in [6.07, 6.45) is 2.49. The topological polar surface area (TPSA) is 114 Å². The highest BCUT2D eigenvalue weighted by Crippen LogP contribution is 2.35. The molecule has 1 saturated carbocycles. The molecule has 1 aromatic carbocycles. The summed E-state index contributed by atoms with van der Waals surface area (Å²) in [5, 5.41) is 5.23. The Labute approximate surface area is 200 Å². The Balaban J connectivity index is 2.22. The summed E-state index contributed by atoms with van der Waals surface area (Å²) in [5.74, 6) is -1.23. The number of alkyl carbamates (subject to hydrolysis) is 1. The minimum absolute atomic E-state index is 0.0244. The molecule has 0 aromatic heterocycles. The van der Waals surface area contributed by atoms with Crippen LogP contribution in [0.3, 0.4) is 0 Å². The van der Waals surface area contributed by atoms with Gasteiger partial charge in [0.05, 0.1) is 13.0 Å². The zero-order chi connectivity index (χ0) is 25.3. The molecule has 9 nitrogen and oxygen atoms in total. The van der Waals surface area contributed by atoms with Crippen molar-refractivity contribution in [3.63, 3.8) is 0 Å². The lowest BCUT2D eigenvalue weighted by molar-refractivity contribution is -0.144. The maximum absolute atomic E-state index is 13.3. The van der Waals surface area contributed by atoms with Gasteiger partial charge in [-0.1, -0.05) is 30.9 Å². The van der Waals surface area contributed by atoms with Gasteiger partial charge in [0.25, 0.3) is 0 Å². The molecule has 1 aliphatic carbocycles. The van der Waals surface area contributed by atoms with Crippen LogP contribution in [-0.4, -0.2) is 60.1 Å². The Hall–Kier alpha value is -3.36. The lowest BCUT2D eigenvalue weighted by Crippen LogP contribution is -2.49. The van der Waals surface area contributed by atoms with Crippen molar-refractivity contribution in [3.8, 4) is 0 Å². The minimum atomic E-state index is -0.928. The van der Waals surface area contributed by atoms with E-state index < -0.39 is 35.5 Å². The Kier molecular flexibility index (Phi) is 9.65. The Morgan fingerprint density at radius 2 is 1.91 bits per heavy atom. The number of esters is 1. The van der Waals surface area contributed by atoms with Crippen LogP contribution in [0.1, 0.15) is 64.1 Å². The predicted molar refractivity (Wildman–Crippen MR) is 128 cm³/mol. The maximum atomic E-state index is 13.3. The first-order chi connectivity index (χ1) is 16.1. The third kappa shape index (κ3) is 8.53. The van der Waals surface area contributed by atoms with E-state index in [9.17, 15) is 19.2 Å². The van der Waals surface area contributed by atoms with Crippen LogP contribution in [0.2, 0.25) is 0 Å². The molecular weight excluding hydrogens is 438 g/mol. The van der Waals surface area contributed by atoms with E-state index in [0.717, 1.165) is 18.4 Å². The van der Waals surface area contributed by atoms with E-state index in [-0.39, 0.29) is 32.2 Å². The summed E-state index contributed by atoms with van der Waals surface area (Å²) in [5.41, 5.74) is 0.718. The van der Waals surface area contributed by atoms with Gasteiger partial charge in [0, 0.05) is 12.6 Å². The molecule has 0 radical (unpaired) electrons. The fourth-order valence-electron chi connectivity index (χ4n) is 3.38. The molecule has 0 bridgehead atoms. The highest BCUT2D eigenvalue weighted by molar-refractivity contribution is 5.91. The molecular formula is C25H35N3O6. The number of carbonyl (C=O) groups excluding carboxylic acids is 4. The molecule has 1 atom stereocenters. The fourth-order valence-corrected chi connectivity index (χ4v) is 3.38. The van der Waals surface area contributed by atoms with Gasteiger partial charge in [-0.05, 0) is 57.7 Å². The van der Waals surface area contributed by atoms with Gasteiger partial charge in [0.15, 0.2) is 0 Å². The van der Waals surface area contributed by atoms with Crippen molar-refractivity contribution in [1.29, 1.82) is 0 Å². The van der Waals surface area contributed by atoms with Crippen LogP contribution in [0, 0.1) is 0 Å². The number of hydrogen-bond donors (Lipinski definition) is 2. The summed E-state index contributed by atoms with van der Waals surface area (Å²) < 4.78 is 10.1. The van der Waals surface area contributed by atoms with E-state index in [0.29, 0.717) is 5.56 Å². The molecule has 1 aliphatic rings. The minimum Gasteiger partial charge on any atom is -0.466 e. The van der Waals surface area contributed by atoms with Crippen molar-refractivity contribution in [2.75, 3.05) is 19.7 Å². The molecule has 1 fully saturated rings. The van der Waals surface area contributed by atoms with Gasteiger partial charge in [-0.2, -0.15) is 0 Å². The summed E-state index contributed by atoms with van der Waals surface area (Å²) in [6.45, 7) is 10.7. The van der Waals surface area contributed by atoms with Gasteiger partial charge in [0.1, 0.15) is 18.2 Å². The zero-order valence-corrected chi connectivity index (χ0v) is 20.4. The number of nitrogens with zero attached hydrogens (tertiary/aromatic N) is 1. The second kappa shape index (κ2) is 12.2. The molecule has 0 saturated heterocycles. The van der Waals surface area contributed by atoms with E-state index in [1.54, 1.807) is 52.0 Å². The normalized spacial score (nSPS) is 13.9. The number of carbonyl (C=O) groups is 4. The number of hydrogen-bond acceptors (Lipinski definition) is 6. The molecule has 3 amide bonds. The van der Waals surface area contributed by atoms with Crippen molar-refractivity contribution >= 4 is 30.0 Å². The largest absolute Gasteiger partial charge is 0.466 e. The molecule has 186 valence electrons. The van der Waals surface area contributed by atoms with Crippen LogP contribution in [0.5, 0.6) is 0 Å². The fraction of sp³-hybridized carbons (Fsp3) is 0.520. The average molecular weight is 474 g/mol. The lowest BCUT2D eigenvalue weighted by Gasteiger charge is -2.32. The third-order valence-electron chi connectivity index (χ3n) is 4.93. The molecule has 1 unspecified atom stereocenters. The standard InChI is InChI=1S/C25H35N3O6/c1-6-17-9-8-10-18(15-17)22(23(31)26-14-13-21(30)33-7-2)28(19-11-12-19)20(29)16-27-24(32)34-25(3,4)5/h6,8-10,15,19,22H,1,7,11-14,16H2,2-5H3,(H,26,31)(H,27,32). The summed E-state index contributed by atoms with van der Waals surface area (Å²) in [6, 6.07) is 6.15. The van der Waals surface area contributed by atoms with Crippen LogP contribution in [-0.2, 0) is 23.9 Å². The van der Waals surface area contributed by atoms with Crippen LogP contribution in [0.15, 0.2) is 30.8 Å². The number of benzene rings is 1. The van der Waals surface area contributed by atoms with Gasteiger partial charge in [-0.25, -0.2) is 4.79 Å². The molecule has 0 heterocycles. The first-order valence-electron chi connectivity index (χ1n) is 11.5. The third-order valence-corrected chi connectivity index (χ3v) is 4.93. The molecule has 0 spiro atoms. The first-order valence-corrected chi connectivity index (χ1v) is 11.5. The van der Waals surface area contributed by atoms with Crippen molar-refractivity contribution in [2.45, 2.75) is 64.6 Å². The van der Waals surface area contributed by atoms with Crippen molar-refractivity contribution < 1.29 is 28.7 Å². The molecule has 1 aromatic rings. The molecule has 9 heteroatoms. The van der Waals surface area contributed by atoms with E-state index in [2.05, 4.69) is 17.2 Å². The smallest absolute Gasteiger partial charge is 0.408 e. The van der Waals surface area contributed by atoms with E-state index in [1.165, 1.54) is 4.90 Å². The van der Waals surface area contributed by atoms with Gasteiger partial charge >= 0.3 is 12.1 Å². The zero-order valence-electron chi connectivity index (χ0n) is 20.4. The van der Waals surface area contributed by atoms with Crippen molar-refractivity contribution in [3.05, 3.63) is 42.0 Å². The summed E-state index contributed by atoms with van der Waals surface area (Å²) >= 11 is 0. The number of amides is 3. The summed E-state index contributed by atoms with van der Waals surface area (Å²) in [4.78, 5) is 51.7. The Morgan fingerprint density at radius 1 is 1.21 bits per heavy atom. The van der Waals surface area contributed by atoms with Gasteiger partial charge in [-0.15, -0.1) is 0 Å². The molecule has 34 heavy (non-hydrogen) atoms.